The number of aromatic nitrogens is 1. The second kappa shape index (κ2) is 6.93. The van der Waals surface area contributed by atoms with Crippen LogP contribution in [0.2, 0.25) is 0 Å². The largest absolute Gasteiger partial charge is 0.493 e. The minimum absolute atomic E-state index is 0.346. The van der Waals surface area contributed by atoms with Gasteiger partial charge in [-0.05, 0) is 48.7 Å². The predicted molar refractivity (Wildman–Crippen MR) is 112 cm³/mol. The van der Waals surface area contributed by atoms with Gasteiger partial charge in [-0.25, -0.2) is 0 Å². The fourth-order valence-corrected chi connectivity index (χ4v) is 4.72. The Morgan fingerprint density at radius 1 is 0.929 bits per heavy atom. The van der Waals surface area contributed by atoms with E-state index in [0.29, 0.717) is 12.0 Å². The van der Waals surface area contributed by atoms with Gasteiger partial charge in [-0.15, -0.1) is 0 Å². The number of rotatable bonds is 3. The highest BCUT2D eigenvalue weighted by molar-refractivity contribution is 6.16. The van der Waals surface area contributed by atoms with Crippen LogP contribution in [-0.2, 0) is 0 Å². The van der Waals surface area contributed by atoms with E-state index in [9.17, 15) is 0 Å². The van der Waals surface area contributed by atoms with Crippen molar-refractivity contribution >= 4 is 16.6 Å². The van der Waals surface area contributed by atoms with Crippen molar-refractivity contribution in [3.05, 3.63) is 65.4 Å². The zero-order valence-corrected chi connectivity index (χ0v) is 16.3. The number of ether oxygens (including phenoxy) is 2. The number of methoxy groups -OCH3 is 2. The molecule has 2 aliphatic rings. The van der Waals surface area contributed by atoms with E-state index >= 15 is 0 Å². The molecular weight excluding hydrogens is 348 g/mol. The Hall–Kier alpha value is -2.88. The van der Waals surface area contributed by atoms with Crippen molar-refractivity contribution < 1.29 is 9.47 Å². The third kappa shape index (κ3) is 2.75. The number of aliphatic imine (C=N–C) groups is 1. The van der Waals surface area contributed by atoms with Gasteiger partial charge in [0.15, 0.2) is 11.5 Å². The van der Waals surface area contributed by atoms with Gasteiger partial charge in [0, 0.05) is 28.6 Å². The number of pyridine rings is 1. The van der Waals surface area contributed by atoms with E-state index < -0.39 is 0 Å². The van der Waals surface area contributed by atoms with E-state index in [1.807, 2.05) is 12.3 Å². The SMILES string of the molecule is COc1cc2c(cc1OC)[C@@H]1CCCC[C@@H]1N=C2c1ccc2ncccc2c1. The molecule has 0 bridgehead atoms. The van der Waals surface area contributed by atoms with Crippen molar-refractivity contribution in [1.29, 1.82) is 0 Å². The predicted octanol–water partition coefficient (Wildman–Crippen LogP) is 5.13. The summed E-state index contributed by atoms with van der Waals surface area (Å²) in [5, 5.41) is 1.13. The molecule has 142 valence electrons. The summed E-state index contributed by atoms with van der Waals surface area (Å²) in [7, 11) is 3.39. The number of fused-ring (bicyclic) bond motifs is 4. The molecule has 0 N–H and O–H groups in total. The fraction of sp³-hybridized carbons (Fsp3) is 0.333. The van der Waals surface area contributed by atoms with Crippen molar-refractivity contribution in [3.63, 3.8) is 0 Å². The molecule has 0 radical (unpaired) electrons. The Morgan fingerprint density at radius 2 is 1.75 bits per heavy atom. The molecule has 2 atom stereocenters. The molecule has 28 heavy (non-hydrogen) atoms. The van der Waals surface area contributed by atoms with Gasteiger partial charge in [0.25, 0.3) is 0 Å². The summed E-state index contributed by atoms with van der Waals surface area (Å²) >= 11 is 0. The first-order chi connectivity index (χ1) is 13.8. The molecule has 4 nitrogen and oxygen atoms in total. The highest BCUT2D eigenvalue weighted by Crippen LogP contribution is 2.44. The van der Waals surface area contributed by atoms with Crippen LogP contribution >= 0.6 is 0 Å². The lowest BCUT2D eigenvalue weighted by Gasteiger charge is -2.35. The number of benzene rings is 2. The van der Waals surface area contributed by atoms with Gasteiger partial charge < -0.3 is 9.47 Å². The molecule has 5 rings (SSSR count). The van der Waals surface area contributed by atoms with Crippen molar-refractivity contribution in [1.82, 2.24) is 4.98 Å². The van der Waals surface area contributed by atoms with Gasteiger partial charge in [-0.3, -0.25) is 9.98 Å². The minimum atomic E-state index is 0.346. The molecular formula is C24H24N2O2. The lowest BCUT2D eigenvalue weighted by molar-refractivity contribution is 0.349. The van der Waals surface area contributed by atoms with E-state index in [1.54, 1.807) is 14.2 Å². The fourth-order valence-electron chi connectivity index (χ4n) is 4.72. The monoisotopic (exact) mass is 372 g/mol. The van der Waals surface area contributed by atoms with Crippen LogP contribution in [0.15, 0.2) is 53.7 Å². The molecule has 1 saturated carbocycles. The molecule has 1 aliphatic carbocycles. The zero-order chi connectivity index (χ0) is 19.1. The lowest BCUT2D eigenvalue weighted by atomic mass is 9.75. The van der Waals surface area contributed by atoms with E-state index in [0.717, 1.165) is 40.1 Å². The zero-order valence-electron chi connectivity index (χ0n) is 16.3. The van der Waals surface area contributed by atoms with E-state index in [-0.39, 0.29) is 0 Å². The third-order valence-corrected chi connectivity index (χ3v) is 6.11. The maximum absolute atomic E-state index is 5.61. The van der Waals surface area contributed by atoms with Crippen LogP contribution in [0.3, 0.4) is 0 Å². The Bertz CT molecular complexity index is 1070. The van der Waals surface area contributed by atoms with Crippen LogP contribution < -0.4 is 9.47 Å². The molecule has 1 fully saturated rings. The summed E-state index contributed by atoms with van der Waals surface area (Å²) in [6, 6.07) is 15.1. The van der Waals surface area contributed by atoms with Crippen molar-refractivity contribution in [2.24, 2.45) is 4.99 Å². The normalized spacial score (nSPS) is 20.9. The Balaban J connectivity index is 1.71. The summed E-state index contributed by atoms with van der Waals surface area (Å²) < 4.78 is 11.2. The molecule has 4 heteroatoms. The van der Waals surface area contributed by atoms with Crippen LogP contribution in [0.25, 0.3) is 10.9 Å². The summed E-state index contributed by atoms with van der Waals surface area (Å²) in [4.78, 5) is 9.70. The summed E-state index contributed by atoms with van der Waals surface area (Å²) in [6.45, 7) is 0. The molecule has 2 heterocycles. The molecule has 2 aromatic carbocycles. The average molecular weight is 372 g/mol. The Labute approximate surface area is 165 Å². The molecule has 1 aliphatic heterocycles. The van der Waals surface area contributed by atoms with E-state index in [4.69, 9.17) is 14.5 Å². The van der Waals surface area contributed by atoms with Crippen LogP contribution in [0.1, 0.15) is 48.3 Å². The maximum Gasteiger partial charge on any atom is 0.161 e. The number of hydrogen-bond donors (Lipinski definition) is 0. The topological polar surface area (TPSA) is 43.7 Å². The van der Waals surface area contributed by atoms with Gasteiger partial charge in [0.05, 0.1) is 31.5 Å². The van der Waals surface area contributed by atoms with Crippen LogP contribution in [0.4, 0.5) is 0 Å². The second-order valence-electron chi connectivity index (χ2n) is 7.64. The van der Waals surface area contributed by atoms with Crippen molar-refractivity contribution in [2.75, 3.05) is 14.2 Å². The smallest absolute Gasteiger partial charge is 0.161 e. The summed E-state index contributed by atoms with van der Waals surface area (Å²) in [6.07, 6.45) is 6.69. The molecule has 0 spiro atoms. The molecule has 0 saturated heterocycles. The second-order valence-corrected chi connectivity index (χ2v) is 7.64. The van der Waals surface area contributed by atoms with Gasteiger partial charge in [-0.2, -0.15) is 0 Å². The van der Waals surface area contributed by atoms with Gasteiger partial charge in [0.1, 0.15) is 0 Å². The summed E-state index contributed by atoms with van der Waals surface area (Å²) in [5.41, 5.74) is 5.72. The van der Waals surface area contributed by atoms with Crippen LogP contribution in [0, 0.1) is 0 Å². The highest BCUT2D eigenvalue weighted by atomic mass is 16.5. The van der Waals surface area contributed by atoms with E-state index in [1.165, 1.54) is 30.4 Å². The minimum Gasteiger partial charge on any atom is -0.493 e. The molecule has 1 aromatic heterocycles. The average Bonchev–Trinajstić information content (AvgIpc) is 2.77. The van der Waals surface area contributed by atoms with Crippen LogP contribution in [0.5, 0.6) is 11.5 Å². The first-order valence-corrected chi connectivity index (χ1v) is 9.97. The third-order valence-electron chi connectivity index (χ3n) is 6.11. The molecule has 3 aromatic rings. The Morgan fingerprint density at radius 3 is 2.61 bits per heavy atom. The quantitative estimate of drug-likeness (QED) is 0.640. The van der Waals surface area contributed by atoms with Crippen molar-refractivity contribution in [2.45, 2.75) is 37.6 Å². The first-order valence-electron chi connectivity index (χ1n) is 9.97. The van der Waals surface area contributed by atoms with Crippen LogP contribution in [-0.4, -0.2) is 31.0 Å². The first kappa shape index (κ1) is 17.2. The van der Waals surface area contributed by atoms with Crippen molar-refractivity contribution in [3.8, 4) is 11.5 Å². The maximum atomic E-state index is 5.61. The van der Waals surface area contributed by atoms with Gasteiger partial charge in [-0.1, -0.05) is 25.0 Å². The summed E-state index contributed by atoms with van der Waals surface area (Å²) in [5.74, 6) is 2.02. The molecule has 0 unspecified atom stereocenters. The molecule has 0 amide bonds. The lowest BCUT2D eigenvalue weighted by Crippen LogP contribution is -2.29. The highest BCUT2D eigenvalue weighted by Gasteiger charge is 2.34. The standard InChI is InChI=1S/C24H24N2O2/c1-27-22-13-18-17-7-3-4-8-21(17)26-24(19(18)14-23(22)28-2)16-9-10-20-15(12-16)6-5-11-25-20/h5-6,9-14,17,21H,3-4,7-8H2,1-2H3/t17-,21-/m0/s1. The number of hydrogen-bond acceptors (Lipinski definition) is 4. The van der Waals surface area contributed by atoms with Gasteiger partial charge in [0.2, 0.25) is 0 Å². The van der Waals surface area contributed by atoms with E-state index in [2.05, 4.69) is 41.4 Å². The Kier molecular flexibility index (Phi) is 4.27. The number of nitrogens with zero attached hydrogens (tertiary/aromatic N) is 2. The van der Waals surface area contributed by atoms with Gasteiger partial charge >= 0.3 is 0 Å².